The van der Waals surface area contributed by atoms with Crippen LogP contribution in [0.1, 0.15) is 15.4 Å². The maximum atomic E-state index is 12.7. The summed E-state index contributed by atoms with van der Waals surface area (Å²) in [5, 5.41) is 4.37. The molecule has 0 fully saturated rings. The average Bonchev–Trinajstić information content (AvgIpc) is 2.94. The first kappa shape index (κ1) is 15.8. The van der Waals surface area contributed by atoms with Gasteiger partial charge in [-0.3, -0.25) is 4.79 Å². The molecular formula is C13H11F3N2OS2. The van der Waals surface area contributed by atoms with Crippen LogP contribution in [-0.4, -0.2) is 23.2 Å². The number of amides is 1. The van der Waals surface area contributed by atoms with Crippen LogP contribution in [-0.2, 0) is 6.18 Å². The number of alkyl halides is 3. The monoisotopic (exact) mass is 332 g/mol. The lowest BCUT2D eigenvalue weighted by molar-refractivity contribution is -0.137. The zero-order valence-corrected chi connectivity index (χ0v) is 12.4. The zero-order valence-electron chi connectivity index (χ0n) is 10.6. The SMILES string of the molecule is O=C(NCCS)c1nc(-c2cccc(C(F)(F)F)c2)cs1. The molecule has 8 heteroatoms. The van der Waals surface area contributed by atoms with E-state index in [9.17, 15) is 18.0 Å². The van der Waals surface area contributed by atoms with Crippen LogP contribution >= 0.6 is 24.0 Å². The molecule has 1 amide bonds. The van der Waals surface area contributed by atoms with Crippen LogP contribution in [0, 0.1) is 0 Å². The number of nitrogens with zero attached hydrogens (tertiary/aromatic N) is 1. The lowest BCUT2D eigenvalue weighted by Crippen LogP contribution is -2.25. The molecule has 3 nitrogen and oxygen atoms in total. The minimum absolute atomic E-state index is 0.212. The maximum absolute atomic E-state index is 12.7. The summed E-state index contributed by atoms with van der Waals surface area (Å²) < 4.78 is 38.0. The molecule has 2 aromatic rings. The highest BCUT2D eigenvalue weighted by Crippen LogP contribution is 2.32. The first-order valence-corrected chi connectivity index (χ1v) is 7.45. The zero-order chi connectivity index (χ0) is 15.5. The van der Waals surface area contributed by atoms with Gasteiger partial charge >= 0.3 is 6.18 Å². The van der Waals surface area contributed by atoms with Gasteiger partial charge in [-0.25, -0.2) is 4.98 Å². The van der Waals surface area contributed by atoms with Crippen molar-refractivity contribution >= 4 is 29.9 Å². The van der Waals surface area contributed by atoms with Crippen molar-refractivity contribution in [2.75, 3.05) is 12.3 Å². The van der Waals surface area contributed by atoms with Gasteiger partial charge < -0.3 is 5.32 Å². The van der Waals surface area contributed by atoms with E-state index in [0.717, 1.165) is 23.5 Å². The van der Waals surface area contributed by atoms with E-state index in [4.69, 9.17) is 0 Å². The number of carbonyl (C=O) groups excluding carboxylic acids is 1. The smallest absolute Gasteiger partial charge is 0.349 e. The Morgan fingerprint density at radius 2 is 2.14 bits per heavy atom. The van der Waals surface area contributed by atoms with Gasteiger partial charge in [-0.1, -0.05) is 12.1 Å². The number of aromatic nitrogens is 1. The van der Waals surface area contributed by atoms with Crippen molar-refractivity contribution < 1.29 is 18.0 Å². The summed E-state index contributed by atoms with van der Waals surface area (Å²) >= 11 is 5.06. The second-order valence-electron chi connectivity index (χ2n) is 4.10. The Hall–Kier alpha value is -1.54. The molecule has 0 aliphatic heterocycles. The van der Waals surface area contributed by atoms with Gasteiger partial charge in [0, 0.05) is 23.2 Å². The van der Waals surface area contributed by atoms with Gasteiger partial charge in [-0.05, 0) is 12.1 Å². The summed E-state index contributed by atoms with van der Waals surface area (Å²) in [7, 11) is 0. The molecule has 1 heterocycles. The standard InChI is InChI=1S/C13H11F3N2OS2/c14-13(15,16)9-3-1-2-8(6-9)10-7-21-12(18-10)11(19)17-4-5-20/h1-3,6-7,20H,4-5H2,(H,17,19). The molecule has 0 aliphatic carbocycles. The van der Waals surface area contributed by atoms with Crippen LogP contribution in [0.4, 0.5) is 13.2 Å². The van der Waals surface area contributed by atoms with E-state index in [2.05, 4.69) is 22.9 Å². The summed E-state index contributed by atoms with van der Waals surface area (Å²) in [4.78, 5) is 15.8. The first-order chi connectivity index (χ1) is 9.91. The number of thiazole rings is 1. The fourth-order valence-corrected chi connectivity index (χ4v) is 2.46. The number of hydrogen-bond donors (Lipinski definition) is 2. The summed E-state index contributed by atoms with van der Waals surface area (Å²) in [5.74, 6) is 0.143. The topological polar surface area (TPSA) is 42.0 Å². The number of nitrogens with one attached hydrogen (secondary N) is 1. The van der Waals surface area contributed by atoms with E-state index in [0.29, 0.717) is 23.6 Å². The van der Waals surface area contributed by atoms with Crippen molar-refractivity contribution in [3.05, 3.63) is 40.2 Å². The molecule has 1 aromatic carbocycles. The molecule has 0 aliphatic rings. The molecule has 0 spiro atoms. The minimum atomic E-state index is -4.40. The Morgan fingerprint density at radius 1 is 1.38 bits per heavy atom. The molecule has 1 N–H and O–H groups in total. The molecule has 1 aromatic heterocycles. The number of halogens is 3. The fraction of sp³-hybridized carbons (Fsp3) is 0.231. The highest BCUT2D eigenvalue weighted by Gasteiger charge is 2.30. The molecular weight excluding hydrogens is 321 g/mol. The van der Waals surface area contributed by atoms with E-state index < -0.39 is 11.7 Å². The molecule has 0 saturated carbocycles. The molecule has 2 rings (SSSR count). The molecule has 21 heavy (non-hydrogen) atoms. The highest BCUT2D eigenvalue weighted by atomic mass is 32.1. The van der Waals surface area contributed by atoms with Crippen molar-refractivity contribution in [1.29, 1.82) is 0 Å². The van der Waals surface area contributed by atoms with Gasteiger partial charge in [0.2, 0.25) is 0 Å². The van der Waals surface area contributed by atoms with E-state index in [1.54, 1.807) is 5.38 Å². The fourth-order valence-electron chi connectivity index (χ4n) is 1.61. The number of thiol groups is 1. The molecule has 0 bridgehead atoms. The van der Waals surface area contributed by atoms with Gasteiger partial charge in [0.15, 0.2) is 5.01 Å². The molecule has 0 unspecified atom stereocenters. The first-order valence-electron chi connectivity index (χ1n) is 5.94. The van der Waals surface area contributed by atoms with Crippen LogP contribution in [0.5, 0.6) is 0 Å². The second-order valence-corrected chi connectivity index (χ2v) is 5.40. The molecule has 0 atom stereocenters. The molecule has 0 saturated heterocycles. The van der Waals surface area contributed by atoms with Crippen LogP contribution in [0.3, 0.4) is 0 Å². The number of hydrogen-bond acceptors (Lipinski definition) is 4. The third-order valence-electron chi connectivity index (χ3n) is 2.58. The summed E-state index contributed by atoms with van der Waals surface area (Å²) in [6.07, 6.45) is -4.40. The Kier molecular flexibility index (Phi) is 4.89. The minimum Gasteiger partial charge on any atom is -0.349 e. The summed E-state index contributed by atoms with van der Waals surface area (Å²) in [6, 6.07) is 4.86. The largest absolute Gasteiger partial charge is 0.416 e. The molecule has 112 valence electrons. The highest BCUT2D eigenvalue weighted by molar-refractivity contribution is 7.80. The normalized spacial score (nSPS) is 11.4. The lowest BCUT2D eigenvalue weighted by Gasteiger charge is -2.07. The van der Waals surface area contributed by atoms with Crippen LogP contribution in [0.15, 0.2) is 29.6 Å². The lowest BCUT2D eigenvalue weighted by atomic mass is 10.1. The Morgan fingerprint density at radius 3 is 2.81 bits per heavy atom. The van der Waals surface area contributed by atoms with Gasteiger partial charge in [-0.2, -0.15) is 25.8 Å². The van der Waals surface area contributed by atoms with Crippen molar-refractivity contribution in [2.24, 2.45) is 0 Å². The van der Waals surface area contributed by atoms with Crippen LogP contribution in [0.25, 0.3) is 11.3 Å². The van der Waals surface area contributed by atoms with Crippen LogP contribution < -0.4 is 5.32 Å². The van der Waals surface area contributed by atoms with Crippen molar-refractivity contribution in [2.45, 2.75) is 6.18 Å². The Labute approximate surface area is 128 Å². The molecule has 0 radical (unpaired) electrons. The van der Waals surface area contributed by atoms with Gasteiger partial charge in [-0.15, -0.1) is 11.3 Å². The van der Waals surface area contributed by atoms with Gasteiger partial charge in [0.05, 0.1) is 11.3 Å². The maximum Gasteiger partial charge on any atom is 0.416 e. The third-order valence-corrected chi connectivity index (χ3v) is 3.65. The number of benzene rings is 1. The predicted octanol–water partition coefficient (Wildman–Crippen LogP) is 3.49. The number of rotatable bonds is 4. The second kappa shape index (κ2) is 6.48. The Balaban J connectivity index is 2.24. The Bertz CT molecular complexity index is 640. The van der Waals surface area contributed by atoms with Gasteiger partial charge in [0.25, 0.3) is 5.91 Å². The van der Waals surface area contributed by atoms with E-state index in [1.807, 2.05) is 0 Å². The van der Waals surface area contributed by atoms with E-state index in [1.165, 1.54) is 12.1 Å². The predicted molar refractivity (Wildman–Crippen MR) is 78.7 cm³/mol. The average molecular weight is 332 g/mol. The number of carbonyl (C=O) groups is 1. The summed E-state index contributed by atoms with van der Waals surface area (Å²) in [5.41, 5.74) is -0.0643. The summed E-state index contributed by atoms with van der Waals surface area (Å²) in [6.45, 7) is 0.403. The van der Waals surface area contributed by atoms with Crippen molar-refractivity contribution in [1.82, 2.24) is 10.3 Å². The van der Waals surface area contributed by atoms with Crippen molar-refractivity contribution in [3.8, 4) is 11.3 Å². The van der Waals surface area contributed by atoms with E-state index in [-0.39, 0.29) is 10.9 Å². The van der Waals surface area contributed by atoms with Crippen LogP contribution in [0.2, 0.25) is 0 Å². The van der Waals surface area contributed by atoms with E-state index >= 15 is 0 Å². The third kappa shape index (κ3) is 3.98. The van der Waals surface area contributed by atoms with Crippen molar-refractivity contribution in [3.63, 3.8) is 0 Å². The van der Waals surface area contributed by atoms with Gasteiger partial charge in [0.1, 0.15) is 0 Å². The quantitative estimate of drug-likeness (QED) is 0.842.